The van der Waals surface area contributed by atoms with E-state index in [1.165, 1.54) is 22.3 Å². The van der Waals surface area contributed by atoms with Gasteiger partial charge in [0, 0.05) is 24.0 Å². The zero-order chi connectivity index (χ0) is 14.0. The van der Waals surface area contributed by atoms with Gasteiger partial charge in [0.2, 0.25) is 5.91 Å². The third kappa shape index (κ3) is 3.23. The van der Waals surface area contributed by atoms with Crippen LogP contribution in [-0.4, -0.2) is 35.8 Å². The Bertz CT molecular complexity index is 539. The largest absolute Gasteiger partial charge is 0.304 e. The molecule has 1 aliphatic rings. The van der Waals surface area contributed by atoms with E-state index in [4.69, 9.17) is 11.6 Å². The monoisotopic (exact) mass is 298 g/mol. The van der Waals surface area contributed by atoms with Crippen molar-refractivity contribution >= 4 is 40.3 Å². The van der Waals surface area contributed by atoms with Crippen LogP contribution in [0.15, 0.2) is 18.2 Å². The van der Waals surface area contributed by atoms with Crippen LogP contribution in [0.1, 0.15) is 18.7 Å². The first-order valence-corrected chi connectivity index (χ1v) is 7.21. The molecular formula is C13H15ClN2O2S. The molecule has 0 aliphatic carbocycles. The van der Waals surface area contributed by atoms with Crippen LogP contribution >= 0.6 is 22.9 Å². The highest BCUT2D eigenvalue weighted by molar-refractivity contribution is 7.17. The number of imide groups is 1. The molecule has 1 saturated heterocycles. The summed E-state index contributed by atoms with van der Waals surface area (Å²) in [5, 5.41) is 3.03. The molecule has 0 radical (unpaired) electrons. The van der Waals surface area contributed by atoms with E-state index in [-0.39, 0.29) is 17.9 Å². The van der Waals surface area contributed by atoms with Gasteiger partial charge in [-0.05, 0) is 31.6 Å². The standard InChI is InChI=1S/C13H15ClN2O2S/c1-8(10-3-4-11(14)19-10)7-12(17)16-6-5-15-9(2)13(16)18/h3-4,7,9,15H,5-6H2,1-2H3/t9-/m0/s1. The van der Waals surface area contributed by atoms with Crippen LogP contribution in [0, 0.1) is 0 Å². The molecule has 1 atom stereocenters. The van der Waals surface area contributed by atoms with Crippen molar-refractivity contribution in [3.8, 4) is 0 Å². The van der Waals surface area contributed by atoms with Crippen molar-refractivity contribution < 1.29 is 9.59 Å². The van der Waals surface area contributed by atoms with Crippen molar-refractivity contribution in [2.24, 2.45) is 0 Å². The van der Waals surface area contributed by atoms with Gasteiger partial charge in [0.25, 0.3) is 5.91 Å². The van der Waals surface area contributed by atoms with E-state index in [1.54, 1.807) is 13.0 Å². The third-order valence-electron chi connectivity index (χ3n) is 2.99. The molecule has 19 heavy (non-hydrogen) atoms. The maximum Gasteiger partial charge on any atom is 0.253 e. The average molecular weight is 299 g/mol. The van der Waals surface area contributed by atoms with E-state index in [2.05, 4.69) is 5.32 Å². The van der Waals surface area contributed by atoms with Gasteiger partial charge in [0.1, 0.15) is 0 Å². The van der Waals surface area contributed by atoms with Crippen LogP contribution in [0.2, 0.25) is 4.34 Å². The minimum absolute atomic E-state index is 0.176. The quantitative estimate of drug-likeness (QED) is 0.851. The summed E-state index contributed by atoms with van der Waals surface area (Å²) >= 11 is 7.28. The van der Waals surface area contributed by atoms with Gasteiger partial charge in [-0.1, -0.05) is 11.6 Å². The van der Waals surface area contributed by atoms with Gasteiger partial charge >= 0.3 is 0 Å². The number of rotatable bonds is 2. The first-order chi connectivity index (χ1) is 8.99. The molecule has 0 bridgehead atoms. The minimum atomic E-state index is -0.303. The molecule has 1 N–H and O–H groups in total. The van der Waals surface area contributed by atoms with Crippen molar-refractivity contribution in [2.45, 2.75) is 19.9 Å². The van der Waals surface area contributed by atoms with Crippen LogP contribution in [0.25, 0.3) is 5.57 Å². The number of hydrogen-bond donors (Lipinski definition) is 1. The van der Waals surface area contributed by atoms with Gasteiger partial charge in [-0.25, -0.2) is 0 Å². The summed E-state index contributed by atoms with van der Waals surface area (Å²) in [5.41, 5.74) is 0.820. The second-order valence-electron chi connectivity index (χ2n) is 4.44. The molecule has 1 aliphatic heterocycles. The Morgan fingerprint density at radius 3 is 2.95 bits per heavy atom. The van der Waals surface area contributed by atoms with Crippen molar-refractivity contribution in [2.75, 3.05) is 13.1 Å². The molecule has 0 aromatic carbocycles. The molecule has 0 spiro atoms. The van der Waals surface area contributed by atoms with E-state index >= 15 is 0 Å². The highest BCUT2D eigenvalue weighted by Gasteiger charge is 2.28. The molecular weight excluding hydrogens is 284 g/mol. The molecule has 2 amide bonds. The highest BCUT2D eigenvalue weighted by Crippen LogP contribution is 2.27. The number of hydrogen-bond acceptors (Lipinski definition) is 4. The molecule has 6 heteroatoms. The predicted molar refractivity (Wildman–Crippen MR) is 77.2 cm³/mol. The van der Waals surface area contributed by atoms with Crippen molar-refractivity contribution in [1.82, 2.24) is 10.2 Å². The number of nitrogens with zero attached hydrogens (tertiary/aromatic N) is 1. The topological polar surface area (TPSA) is 49.4 Å². The van der Waals surface area contributed by atoms with Crippen LogP contribution in [-0.2, 0) is 9.59 Å². The summed E-state index contributed by atoms with van der Waals surface area (Å²) in [6.45, 7) is 4.65. The van der Waals surface area contributed by atoms with Crippen LogP contribution < -0.4 is 5.32 Å². The molecule has 1 fully saturated rings. The SMILES string of the molecule is CC(=CC(=O)N1CCN[C@@H](C)C1=O)c1ccc(Cl)s1. The van der Waals surface area contributed by atoms with Gasteiger partial charge < -0.3 is 5.32 Å². The first-order valence-electron chi connectivity index (χ1n) is 6.02. The maximum atomic E-state index is 12.1. The normalized spacial score (nSPS) is 20.8. The Morgan fingerprint density at radius 1 is 1.58 bits per heavy atom. The fourth-order valence-corrected chi connectivity index (χ4v) is 2.92. The van der Waals surface area contributed by atoms with E-state index in [9.17, 15) is 9.59 Å². The van der Waals surface area contributed by atoms with Crippen LogP contribution in [0.3, 0.4) is 0 Å². The number of carbonyl (C=O) groups is 2. The number of allylic oxidation sites excluding steroid dienone is 1. The number of piperazine rings is 1. The summed E-state index contributed by atoms with van der Waals surface area (Å²) in [6, 6.07) is 3.36. The maximum absolute atomic E-state index is 12.1. The second kappa shape index (κ2) is 5.86. The molecule has 4 nitrogen and oxygen atoms in total. The van der Waals surface area contributed by atoms with Gasteiger partial charge in [-0.2, -0.15) is 0 Å². The Morgan fingerprint density at radius 2 is 2.32 bits per heavy atom. The zero-order valence-corrected chi connectivity index (χ0v) is 12.3. The van der Waals surface area contributed by atoms with E-state index in [0.717, 1.165) is 10.5 Å². The van der Waals surface area contributed by atoms with Gasteiger partial charge in [-0.15, -0.1) is 11.3 Å². The Labute approximate surface area is 121 Å². The van der Waals surface area contributed by atoms with Crippen molar-refractivity contribution in [1.29, 1.82) is 0 Å². The molecule has 0 saturated carbocycles. The smallest absolute Gasteiger partial charge is 0.253 e. The lowest BCUT2D eigenvalue weighted by molar-refractivity contribution is -0.144. The number of carbonyl (C=O) groups excluding carboxylic acids is 2. The van der Waals surface area contributed by atoms with Gasteiger partial charge in [0.15, 0.2) is 0 Å². The summed E-state index contributed by atoms with van der Waals surface area (Å²) in [4.78, 5) is 26.2. The van der Waals surface area contributed by atoms with E-state index < -0.39 is 0 Å². The molecule has 1 aromatic rings. The van der Waals surface area contributed by atoms with E-state index in [0.29, 0.717) is 17.4 Å². The summed E-state index contributed by atoms with van der Waals surface area (Å²) in [7, 11) is 0. The number of amides is 2. The molecule has 1 aromatic heterocycles. The third-order valence-corrected chi connectivity index (χ3v) is 4.36. The average Bonchev–Trinajstić information content (AvgIpc) is 2.79. The number of nitrogens with one attached hydrogen (secondary N) is 1. The fraction of sp³-hybridized carbons (Fsp3) is 0.385. The first kappa shape index (κ1) is 14.2. The zero-order valence-electron chi connectivity index (χ0n) is 10.8. The summed E-state index contributed by atoms with van der Waals surface area (Å²) in [6.07, 6.45) is 1.50. The summed E-state index contributed by atoms with van der Waals surface area (Å²) in [5.74, 6) is -0.440. The number of thiophene rings is 1. The van der Waals surface area contributed by atoms with Crippen LogP contribution in [0.5, 0.6) is 0 Å². The van der Waals surface area contributed by atoms with Crippen molar-refractivity contribution in [3.63, 3.8) is 0 Å². The lowest BCUT2D eigenvalue weighted by atomic mass is 10.2. The highest BCUT2D eigenvalue weighted by atomic mass is 35.5. The van der Waals surface area contributed by atoms with E-state index in [1.807, 2.05) is 13.0 Å². The minimum Gasteiger partial charge on any atom is -0.304 e. The number of halogens is 1. The lowest BCUT2D eigenvalue weighted by Gasteiger charge is -2.29. The molecule has 2 rings (SSSR count). The van der Waals surface area contributed by atoms with Gasteiger partial charge in [-0.3, -0.25) is 14.5 Å². The Kier molecular flexibility index (Phi) is 4.39. The lowest BCUT2D eigenvalue weighted by Crippen LogP contribution is -2.55. The summed E-state index contributed by atoms with van der Waals surface area (Å²) < 4.78 is 0.682. The van der Waals surface area contributed by atoms with Crippen molar-refractivity contribution in [3.05, 3.63) is 27.4 Å². The van der Waals surface area contributed by atoms with Gasteiger partial charge in [0.05, 0.1) is 10.4 Å². The van der Waals surface area contributed by atoms with Crippen LogP contribution in [0.4, 0.5) is 0 Å². The molecule has 0 unspecified atom stereocenters. The Balaban J connectivity index is 2.13. The second-order valence-corrected chi connectivity index (χ2v) is 6.15. The fourth-order valence-electron chi connectivity index (χ4n) is 1.90. The molecule has 2 heterocycles. The Hall–Kier alpha value is -1.17. The predicted octanol–water partition coefficient (Wildman–Crippen LogP) is 2.15. The molecule has 102 valence electrons.